The van der Waals surface area contributed by atoms with Crippen molar-refractivity contribution in [1.82, 2.24) is 19.7 Å². The van der Waals surface area contributed by atoms with Crippen molar-refractivity contribution in [2.75, 3.05) is 7.05 Å². The summed E-state index contributed by atoms with van der Waals surface area (Å²) in [6.07, 6.45) is 0. The third kappa shape index (κ3) is 4.17. The normalized spacial score (nSPS) is 10.6. The molecule has 0 fully saturated rings. The van der Waals surface area contributed by atoms with E-state index in [0.717, 1.165) is 16.7 Å². The van der Waals surface area contributed by atoms with Gasteiger partial charge in [0.1, 0.15) is 5.82 Å². The standard InChI is InChI=1S/C20H22N6O2/c1-13-5-3-4-6-16(13)11-26-17(12-25(2)20(22)28)23-19(24-26)15-9-7-14(8-10-15)18(21)27/h3-10H,11-12H2,1-2H3,(H2,21,27)(H2,22,28). The van der Waals surface area contributed by atoms with E-state index in [-0.39, 0.29) is 6.54 Å². The third-order valence-corrected chi connectivity index (χ3v) is 4.51. The van der Waals surface area contributed by atoms with Gasteiger partial charge in [-0.05, 0) is 30.2 Å². The van der Waals surface area contributed by atoms with E-state index >= 15 is 0 Å². The average Bonchev–Trinajstić information content (AvgIpc) is 3.06. The molecule has 144 valence electrons. The Balaban J connectivity index is 1.97. The number of hydrogen-bond donors (Lipinski definition) is 2. The van der Waals surface area contributed by atoms with Crippen molar-refractivity contribution in [3.63, 3.8) is 0 Å². The van der Waals surface area contributed by atoms with Crippen LogP contribution in [0, 0.1) is 6.92 Å². The van der Waals surface area contributed by atoms with Gasteiger partial charge in [0, 0.05) is 18.2 Å². The van der Waals surface area contributed by atoms with Gasteiger partial charge >= 0.3 is 6.03 Å². The van der Waals surface area contributed by atoms with Gasteiger partial charge in [0.2, 0.25) is 5.91 Å². The first-order valence-corrected chi connectivity index (χ1v) is 8.74. The van der Waals surface area contributed by atoms with E-state index < -0.39 is 11.9 Å². The number of nitrogens with zero attached hydrogens (tertiary/aromatic N) is 4. The summed E-state index contributed by atoms with van der Waals surface area (Å²) in [4.78, 5) is 28.7. The number of aromatic nitrogens is 3. The number of primary amides is 2. The molecule has 0 aliphatic rings. The molecule has 0 unspecified atom stereocenters. The molecular weight excluding hydrogens is 356 g/mol. The zero-order valence-electron chi connectivity index (χ0n) is 15.8. The number of aryl methyl sites for hydroxylation is 1. The topological polar surface area (TPSA) is 120 Å². The number of nitrogens with two attached hydrogens (primary N) is 2. The van der Waals surface area contributed by atoms with E-state index in [9.17, 15) is 9.59 Å². The van der Waals surface area contributed by atoms with Crippen LogP contribution in [0.4, 0.5) is 4.79 Å². The molecule has 0 radical (unpaired) electrons. The summed E-state index contributed by atoms with van der Waals surface area (Å²) >= 11 is 0. The van der Waals surface area contributed by atoms with Crippen molar-refractivity contribution in [2.45, 2.75) is 20.0 Å². The van der Waals surface area contributed by atoms with Crippen molar-refractivity contribution < 1.29 is 9.59 Å². The quantitative estimate of drug-likeness (QED) is 0.680. The molecule has 0 aliphatic carbocycles. The van der Waals surface area contributed by atoms with E-state index in [1.807, 2.05) is 31.2 Å². The number of carbonyl (C=O) groups excluding carboxylic acids is 2. The van der Waals surface area contributed by atoms with Crippen molar-refractivity contribution in [3.8, 4) is 11.4 Å². The molecule has 0 atom stereocenters. The predicted octanol–water partition coefficient (Wildman–Crippen LogP) is 1.91. The van der Waals surface area contributed by atoms with E-state index in [1.54, 1.807) is 36.0 Å². The fourth-order valence-electron chi connectivity index (χ4n) is 2.76. The summed E-state index contributed by atoms with van der Waals surface area (Å²) in [7, 11) is 1.61. The number of amides is 3. The van der Waals surface area contributed by atoms with E-state index in [1.165, 1.54) is 4.90 Å². The Labute approximate surface area is 162 Å². The summed E-state index contributed by atoms with van der Waals surface area (Å²) < 4.78 is 1.76. The van der Waals surface area contributed by atoms with E-state index in [0.29, 0.717) is 23.8 Å². The minimum absolute atomic E-state index is 0.230. The maximum Gasteiger partial charge on any atom is 0.314 e. The molecule has 0 aliphatic heterocycles. The molecule has 1 aromatic heterocycles. The average molecular weight is 378 g/mol. The molecule has 2 aromatic carbocycles. The lowest BCUT2D eigenvalue weighted by atomic mass is 10.1. The highest BCUT2D eigenvalue weighted by atomic mass is 16.2. The molecule has 8 heteroatoms. The van der Waals surface area contributed by atoms with Crippen molar-refractivity contribution in [1.29, 1.82) is 0 Å². The summed E-state index contributed by atoms with van der Waals surface area (Å²) in [5, 5.41) is 4.61. The largest absolute Gasteiger partial charge is 0.366 e. The molecule has 0 bridgehead atoms. The number of urea groups is 1. The van der Waals surface area contributed by atoms with Crippen LogP contribution in [-0.4, -0.2) is 38.7 Å². The van der Waals surface area contributed by atoms with E-state index in [2.05, 4.69) is 10.1 Å². The molecule has 4 N–H and O–H groups in total. The lowest BCUT2D eigenvalue weighted by Crippen LogP contribution is -2.32. The van der Waals surface area contributed by atoms with Crippen LogP contribution in [-0.2, 0) is 13.1 Å². The monoisotopic (exact) mass is 378 g/mol. The Kier molecular flexibility index (Phi) is 5.39. The van der Waals surface area contributed by atoms with Gasteiger partial charge in [0.05, 0.1) is 13.1 Å². The summed E-state index contributed by atoms with van der Waals surface area (Å²) in [6.45, 7) is 2.78. The van der Waals surface area contributed by atoms with Crippen LogP contribution in [0.15, 0.2) is 48.5 Å². The Hall–Kier alpha value is -3.68. The number of carbonyl (C=O) groups is 2. The minimum atomic E-state index is -0.544. The number of benzene rings is 2. The van der Waals surface area contributed by atoms with Crippen molar-refractivity contribution in [2.24, 2.45) is 11.5 Å². The van der Waals surface area contributed by atoms with Gasteiger partial charge in [-0.3, -0.25) is 4.79 Å². The second-order valence-corrected chi connectivity index (χ2v) is 6.57. The van der Waals surface area contributed by atoms with Crippen LogP contribution < -0.4 is 11.5 Å². The second kappa shape index (κ2) is 7.91. The highest BCUT2D eigenvalue weighted by Gasteiger charge is 2.16. The van der Waals surface area contributed by atoms with Gasteiger partial charge in [-0.15, -0.1) is 0 Å². The zero-order valence-corrected chi connectivity index (χ0v) is 15.8. The molecule has 3 aromatic rings. The highest BCUT2D eigenvalue weighted by molar-refractivity contribution is 5.93. The Morgan fingerprint density at radius 3 is 2.36 bits per heavy atom. The van der Waals surface area contributed by atoms with Crippen LogP contribution in [0.2, 0.25) is 0 Å². The summed E-state index contributed by atoms with van der Waals surface area (Å²) in [6, 6.07) is 14.2. The molecule has 28 heavy (non-hydrogen) atoms. The molecule has 0 saturated heterocycles. The smallest absolute Gasteiger partial charge is 0.314 e. The van der Waals surface area contributed by atoms with Crippen LogP contribution in [0.3, 0.4) is 0 Å². The SMILES string of the molecule is Cc1ccccc1Cn1nc(-c2ccc(C(N)=O)cc2)nc1CN(C)C(N)=O. The lowest BCUT2D eigenvalue weighted by Gasteiger charge is -2.14. The third-order valence-electron chi connectivity index (χ3n) is 4.51. The zero-order chi connectivity index (χ0) is 20.3. The predicted molar refractivity (Wildman–Crippen MR) is 105 cm³/mol. The highest BCUT2D eigenvalue weighted by Crippen LogP contribution is 2.19. The summed E-state index contributed by atoms with van der Waals surface area (Å²) in [5.41, 5.74) is 14.1. The maximum absolute atomic E-state index is 11.5. The Morgan fingerprint density at radius 2 is 1.75 bits per heavy atom. The molecule has 3 rings (SSSR count). The number of rotatable bonds is 6. The fourth-order valence-corrected chi connectivity index (χ4v) is 2.76. The molecule has 8 nitrogen and oxygen atoms in total. The van der Waals surface area contributed by atoms with Gasteiger partial charge in [0.15, 0.2) is 5.82 Å². The van der Waals surface area contributed by atoms with Crippen LogP contribution in [0.1, 0.15) is 27.3 Å². The molecular formula is C20H22N6O2. The fraction of sp³-hybridized carbons (Fsp3) is 0.200. The first kappa shape index (κ1) is 19.1. The van der Waals surface area contributed by atoms with Gasteiger partial charge in [0.25, 0.3) is 0 Å². The van der Waals surface area contributed by atoms with Crippen molar-refractivity contribution >= 4 is 11.9 Å². The van der Waals surface area contributed by atoms with Crippen LogP contribution >= 0.6 is 0 Å². The van der Waals surface area contributed by atoms with Gasteiger partial charge < -0.3 is 16.4 Å². The Morgan fingerprint density at radius 1 is 1.07 bits per heavy atom. The van der Waals surface area contributed by atoms with Gasteiger partial charge in [-0.2, -0.15) is 5.10 Å². The first-order chi connectivity index (χ1) is 13.3. The van der Waals surface area contributed by atoms with E-state index in [4.69, 9.17) is 11.5 Å². The van der Waals surface area contributed by atoms with Crippen LogP contribution in [0.25, 0.3) is 11.4 Å². The lowest BCUT2D eigenvalue weighted by molar-refractivity contribution is 0.100. The Bertz CT molecular complexity index is 1010. The maximum atomic E-state index is 11.5. The first-order valence-electron chi connectivity index (χ1n) is 8.74. The number of hydrogen-bond acceptors (Lipinski definition) is 4. The van der Waals surface area contributed by atoms with Crippen molar-refractivity contribution in [3.05, 3.63) is 71.0 Å². The van der Waals surface area contributed by atoms with Gasteiger partial charge in [-0.1, -0.05) is 36.4 Å². The minimum Gasteiger partial charge on any atom is -0.366 e. The molecule has 0 spiro atoms. The van der Waals surface area contributed by atoms with Crippen LogP contribution in [0.5, 0.6) is 0 Å². The molecule has 0 saturated carbocycles. The second-order valence-electron chi connectivity index (χ2n) is 6.57. The summed E-state index contributed by atoms with van der Waals surface area (Å²) in [5.74, 6) is 0.615. The van der Waals surface area contributed by atoms with Gasteiger partial charge in [-0.25, -0.2) is 14.5 Å². The molecule has 3 amide bonds. The molecule has 1 heterocycles.